The van der Waals surface area contributed by atoms with Gasteiger partial charge in [0.05, 0.1) is 18.2 Å². The molecule has 1 saturated carbocycles. The molecule has 2 saturated heterocycles. The summed E-state index contributed by atoms with van der Waals surface area (Å²) in [5.74, 6) is 2.64. The van der Waals surface area contributed by atoms with E-state index in [1.807, 2.05) is 7.05 Å². The van der Waals surface area contributed by atoms with Gasteiger partial charge >= 0.3 is 0 Å². The van der Waals surface area contributed by atoms with Crippen LogP contribution in [0.15, 0.2) is 23.2 Å². The maximum absolute atomic E-state index is 5.98. The fourth-order valence-corrected chi connectivity index (χ4v) is 5.41. The third kappa shape index (κ3) is 3.32. The van der Waals surface area contributed by atoms with Gasteiger partial charge in [0.1, 0.15) is 13.2 Å². The molecule has 1 aliphatic carbocycles. The van der Waals surface area contributed by atoms with E-state index in [0.717, 1.165) is 30.4 Å². The van der Waals surface area contributed by atoms with E-state index in [-0.39, 0.29) is 5.41 Å². The molecule has 3 fully saturated rings. The zero-order valence-corrected chi connectivity index (χ0v) is 16.7. The quantitative estimate of drug-likeness (QED) is 0.616. The Morgan fingerprint density at radius 1 is 1.14 bits per heavy atom. The van der Waals surface area contributed by atoms with E-state index >= 15 is 0 Å². The van der Waals surface area contributed by atoms with Crippen LogP contribution in [0.2, 0.25) is 0 Å². The summed E-state index contributed by atoms with van der Waals surface area (Å²) in [6.45, 7) is 2.14. The summed E-state index contributed by atoms with van der Waals surface area (Å²) in [4.78, 5) is 4.49. The molecule has 28 heavy (non-hydrogen) atoms. The second-order valence-electron chi connectivity index (χ2n) is 8.63. The number of nitrogens with one attached hydrogen (secondary N) is 2. The van der Waals surface area contributed by atoms with Crippen molar-refractivity contribution in [3.63, 3.8) is 0 Å². The molecular formula is C22H31N3O3. The molecule has 4 aliphatic rings. The van der Waals surface area contributed by atoms with E-state index in [1.54, 1.807) is 0 Å². The first-order valence-electron chi connectivity index (χ1n) is 10.8. The summed E-state index contributed by atoms with van der Waals surface area (Å²) in [6.07, 6.45) is 9.18. The molecule has 3 aliphatic heterocycles. The van der Waals surface area contributed by atoms with Crippen molar-refractivity contribution < 1.29 is 14.2 Å². The molecule has 2 N–H and O–H groups in total. The third-order valence-corrected chi connectivity index (χ3v) is 6.96. The summed E-state index contributed by atoms with van der Waals surface area (Å²) in [5, 5.41) is 7.24. The van der Waals surface area contributed by atoms with Gasteiger partial charge in [0.15, 0.2) is 17.5 Å². The van der Waals surface area contributed by atoms with Crippen LogP contribution < -0.4 is 20.1 Å². The topological polar surface area (TPSA) is 64.1 Å². The molecular weight excluding hydrogens is 354 g/mol. The van der Waals surface area contributed by atoms with E-state index in [1.165, 1.54) is 44.1 Å². The van der Waals surface area contributed by atoms with Crippen LogP contribution in [0, 0.1) is 0 Å². The molecule has 1 aromatic rings. The molecule has 3 atom stereocenters. The Morgan fingerprint density at radius 3 is 2.68 bits per heavy atom. The highest BCUT2D eigenvalue weighted by molar-refractivity contribution is 5.80. The minimum atomic E-state index is 0.124. The summed E-state index contributed by atoms with van der Waals surface area (Å²) in [5.41, 5.74) is 1.47. The first-order valence-corrected chi connectivity index (χ1v) is 10.8. The molecule has 2 bridgehead atoms. The van der Waals surface area contributed by atoms with Crippen molar-refractivity contribution in [2.45, 2.75) is 68.6 Å². The van der Waals surface area contributed by atoms with Crippen LogP contribution >= 0.6 is 0 Å². The van der Waals surface area contributed by atoms with Gasteiger partial charge in [-0.3, -0.25) is 4.99 Å². The number of hydrogen-bond donors (Lipinski definition) is 2. The van der Waals surface area contributed by atoms with Gasteiger partial charge in [-0.25, -0.2) is 0 Å². The molecule has 1 aromatic carbocycles. The molecule has 0 amide bonds. The summed E-state index contributed by atoms with van der Waals surface area (Å²) >= 11 is 0. The largest absolute Gasteiger partial charge is 0.486 e. The summed E-state index contributed by atoms with van der Waals surface area (Å²) < 4.78 is 17.5. The van der Waals surface area contributed by atoms with Crippen molar-refractivity contribution in [2.24, 2.45) is 4.99 Å². The average Bonchev–Trinajstić information content (AvgIpc) is 3.48. The fraction of sp³-hybridized carbons (Fsp3) is 0.682. The maximum Gasteiger partial charge on any atom is 0.191 e. The Bertz CT molecular complexity index is 745. The molecule has 0 radical (unpaired) electrons. The van der Waals surface area contributed by atoms with Crippen LogP contribution in [-0.2, 0) is 10.2 Å². The van der Waals surface area contributed by atoms with Crippen molar-refractivity contribution in [3.05, 3.63) is 23.8 Å². The van der Waals surface area contributed by atoms with Gasteiger partial charge in [-0.05, 0) is 49.8 Å². The predicted molar refractivity (Wildman–Crippen MR) is 108 cm³/mol. The van der Waals surface area contributed by atoms with Crippen LogP contribution in [0.3, 0.4) is 0 Å². The zero-order chi connectivity index (χ0) is 19.0. The van der Waals surface area contributed by atoms with Crippen LogP contribution in [0.25, 0.3) is 0 Å². The lowest BCUT2D eigenvalue weighted by molar-refractivity contribution is 0.0992. The Hall–Kier alpha value is -1.95. The number of guanidine groups is 1. The Kier molecular flexibility index (Phi) is 4.83. The van der Waals surface area contributed by atoms with Crippen molar-refractivity contribution in [1.29, 1.82) is 0 Å². The van der Waals surface area contributed by atoms with Crippen LogP contribution in [0.1, 0.15) is 50.5 Å². The number of ether oxygens (including phenoxy) is 3. The van der Waals surface area contributed by atoms with Gasteiger partial charge in [0.25, 0.3) is 0 Å². The molecule has 152 valence electrons. The highest BCUT2D eigenvalue weighted by Crippen LogP contribution is 2.44. The molecule has 6 heteroatoms. The normalized spacial score (nSPS) is 30.5. The van der Waals surface area contributed by atoms with Gasteiger partial charge in [-0.15, -0.1) is 0 Å². The highest BCUT2D eigenvalue weighted by Gasteiger charge is 2.41. The standard InChI is InChI=1S/C22H31N3O3/c1-23-21(25-17-13-16-5-7-18(17)28-16)24-14-22(8-2-3-9-22)15-4-6-19-20(12-15)27-11-10-26-19/h4,6,12,16-18H,2-3,5,7-11,13-14H2,1H3,(H2,23,24,25). The number of aliphatic imine (C=N–C) groups is 1. The highest BCUT2D eigenvalue weighted by atomic mass is 16.6. The lowest BCUT2D eigenvalue weighted by atomic mass is 9.78. The lowest BCUT2D eigenvalue weighted by Gasteiger charge is -2.32. The number of fused-ring (bicyclic) bond motifs is 3. The minimum Gasteiger partial charge on any atom is -0.486 e. The molecule has 3 unspecified atom stereocenters. The second-order valence-corrected chi connectivity index (χ2v) is 8.63. The molecule has 6 nitrogen and oxygen atoms in total. The smallest absolute Gasteiger partial charge is 0.191 e. The van der Waals surface area contributed by atoms with E-state index in [2.05, 4.69) is 33.8 Å². The van der Waals surface area contributed by atoms with E-state index in [4.69, 9.17) is 14.2 Å². The first kappa shape index (κ1) is 18.1. The maximum atomic E-state index is 5.98. The second kappa shape index (κ2) is 7.47. The molecule has 3 heterocycles. The van der Waals surface area contributed by atoms with Gasteiger partial charge in [0, 0.05) is 19.0 Å². The number of rotatable bonds is 4. The van der Waals surface area contributed by atoms with Gasteiger partial charge in [-0.1, -0.05) is 18.9 Å². The Labute approximate surface area is 167 Å². The average molecular weight is 386 g/mol. The van der Waals surface area contributed by atoms with Crippen molar-refractivity contribution in [3.8, 4) is 11.5 Å². The van der Waals surface area contributed by atoms with Crippen LogP contribution in [-0.4, -0.2) is 51.0 Å². The van der Waals surface area contributed by atoms with Crippen LogP contribution in [0.4, 0.5) is 0 Å². The van der Waals surface area contributed by atoms with Crippen molar-refractivity contribution >= 4 is 5.96 Å². The molecule has 0 aromatic heterocycles. The van der Waals surface area contributed by atoms with Gasteiger partial charge < -0.3 is 24.8 Å². The van der Waals surface area contributed by atoms with Crippen molar-refractivity contribution in [1.82, 2.24) is 10.6 Å². The third-order valence-electron chi connectivity index (χ3n) is 6.96. The first-order chi connectivity index (χ1) is 13.8. The minimum absolute atomic E-state index is 0.124. The fourth-order valence-electron chi connectivity index (χ4n) is 5.41. The predicted octanol–water partition coefficient (Wildman–Crippen LogP) is 2.75. The van der Waals surface area contributed by atoms with E-state index in [9.17, 15) is 0 Å². The SMILES string of the molecule is CN=C(NCC1(c2ccc3c(c2)OCCO3)CCCC1)NC1CC2CCC1O2. The van der Waals surface area contributed by atoms with Crippen molar-refractivity contribution in [2.75, 3.05) is 26.8 Å². The molecule has 5 rings (SSSR count). The lowest BCUT2D eigenvalue weighted by Crippen LogP contribution is -2.50. The summed E-state index contributed by atoms with van der Waals surface area (Å²) in [7, 11) is 1.86. The number of nitrogens with zero attached hydrogens (tertiary/aromatic N) is 1. The number of benzene rings is 1. The number of hydrogen-bond acceptors (Lipinski definition) is 4. The van der Waals surface area contributed by atoms with E-state index < -0.39 is 0 Å². The summed E-state index contributed by atoms with van der Waals surface area (Å²) in [6, 6.07) is 6.88. The Balaban J connectivity index is 1.28. The zero-order valence-electron chi connectivity index (χ0n) is 16.7. The van der Waals surface area contributed by atoms with Gasteiger partial charge in [0.2, 0.25) is 0 Å². The van der Waals surface area contributed by atoms with E-state index in [0.29, 0.717) is 31.5 Å². The Morgan fingerprint density at radius 2 is 1.96 bits per heavy atom. The van der Waals surface area contributed by atoms with Gasteiger partial charge in [-0.2, -0.15) is 0 Å². The molecule has 0 spiro atoms. The monoisotopic (exact) mass is 385 g/mol. The van der Waals surface area contributed by atoms with Crippen LogP contribution in [0.5, 0.6) is 11.5 Å².